The first kappa shape index (κ1) is 12.3. The minimum atomic E-state index is -0.233. The molecule has 2 N–H and O–H groups in total. The van der Waals surface area contributed by atoms with E-state index in [9.17, 15) is 9.18 Å². The standard InChI is InChI=1S/C16H19FN2O/c17-15-10-6-7-18-8-9(10)4-5-13(15)19-16(20)14-11-2-1-3-12(11)14/h4-5,11-12,14,18H,1-3,6-8H2,(H,19,20). The van der Waals surface area contributed by atoms with Crippen molar-refractivity contribution < 1.29 is 9.18 Å². The van der Waals surface area contributed by atoms with Crippen molar-refractivity contribution in [1.82, 2.24) is 5.32 Å². The number of benzene rings is 1. The Labute approximate surface area is 117 Å². The molecule has 1 amide bonds. The second kappa shape index (κ2) is 4.55. The van der Waals surface area contributed by atoms with Gasteiger partial charge in [0.2, 0.25) is 5.91 Å². The van der Waals surface area contributed by atoms with Crippen molar-refractivity contribution in [3.05, 3.63) is 29.1 Å². The van der Waals surface area contributed by atoms with Gasteiger partial charge in [-0.25, -0.2) is 4.39 Å². The molecular weight excluding hydrogens is 255 g/mol. The first-order chi connectivity index (χ1) is 9.75. The third-order valence-electron chi connectivity index (χ3n) is 5.17. The van der Waals surface area contributed by atoms with E-state index in [0.717, 1.165) is 17.7 Å². The molecule has 3 nitrogen and oxygen atoms in total. The van der Waals surface area contributed by atoms with Crippen LogP contribution in [0.2, 0.25) is 0 Å². The van der Waals surface area contributed by atoms with Crippen LogP contribution in [0.15, 0.2) is 12.1 Å². The van der Waals surface area contributed by atoms with Crippen LogP contribution in [-0.4, -0.2) is 12.5 Å². The Hall–Kier alpha value is -1.42. The third-order valence-corrected chi connectivity index (χ3v) is 5.17. The number of hydrogen-bond acceptors (Lipinski definition) is 2. The number of amides is 1. The second-order valence-electron chi connectivity index (χ2n) is 6.27. The summed E-state index contributed by atoms with van der Waals surface area (Å²) in [6.07, 6.45) is 4.28. The monoisotopic (exact) mass is 274 g/mol. The average Bonchev–Trinajstić information content (AvgIpc) is 2.96. The van der Waals surface area contributed by atoms with E-state index in [1.54, 1.807) is 6.07 Å². The van der Waals surface area contributed by atoms with Gasteiger partial charge in [0.25, 0.3) is 0 Å². The van der Waals surface area contributed by atoms with Crippen LogP contribution in [0.1, 0.15) is 30.4 Å². The molecule has 0 spiro atoms. The number of nitrogens with one attached hydrogen (secondary N) is 2. The van der Waals surface area contributed by atoms with Crippen molar-refractivity contribution in [2.45, 2.75) is 32.2 Å². The van der Waals surface area contributed by atoms with E-state index in [-0.39, 0.29) is 17.6 Å². The molecule has 0 radical (unpaired) electrons. The Bertz CT molecular complexity index is 562. The molecule has 2 aliphatic carbocycles. The Balaban J connectivity index is 1.53. The number of carbonyl (C=O) groups is 1. The van der Waals surface area contributed by atoms with Crippen LogP contribution in [0, 0.1) is 23.6 Å². The smallest absolute Gasteiger partial charge is 0.228 e. The molecule has 4 rings (SSSR count). The summed E-state index contributed by atoms with van der Waals surface area (Å²) in [5.74, 6) is 1.07. The van der Waals surface area contributed by atoms with Crippen LogP contribution < -0.4 is 10.6 Å². The van der Waals surface area contributed by atoms with Crippen LogP contribution in [-0.2, 0) is 17.8 Å². The Morgan fingerprint density at radius 2 is 2.10 bits per heavy atom. The molecule has 1 heterocycles. The molecule has 0 bridgehead atoms. The summed E-state index contributed by atoms with van der Waals surface area (Å²) in [5.41, 5.74) is 2.13. The molecule has 4 heteroatoms. The van der Waals surface area contributed by atoms with Crippen LogP contribution in [0.4, 0.5) is 10.1 Å². The highest BCUT2D eigenvalue weighted by Crippen LogP contribution is 2.57. The molecule has 106 valence electrons. The fourth-order valence-corrected chi connectivity index (χ4v) is 4.06. The molecule has 2 fully saturated rings. The lowest BCUT2D eigenvalue weighted by Gasteiger charge is -2.19. The van der Waals surface area contributed by atoms with Gasteiger partial charge in [-0.3, -0.25) is 4.79 Å². The van der Waals surface area contributed by atoms with E-state index in [2.05, 4.69) is 10.6 Å². The van der Waals surface area contributed by atoms with Gasteiger partial charge < -0.3 is 10.6 Å². The van der Waals surface area contributed by atoms with Gasteiger partial charge in [-0.2, -0.15) is 0 Å². The lowest BCUT2D eigenvalue weighted by molar-refractivity contribution is -0.118. The normalized spacial score (nSPS) is 30.6. The zero-order valence-corrected chi connectivity index (χ0v) is 11.4. The van der Waals surface area contributed by atoms with Gasteiger partial charge in [-0.15, -0.1) is 0 Å². The fraction of sp³-hybridized carbons (Fsp3) is 0.562. The van der Waals surface area contributed by atoms with Crippen molar-refractivity contribution in [2.75, 3.05) is 11.9 Å². The SMILES string of the molecule is O=C(Nc1ccc2c(c1F)CCNC2)C1C2CCCC21. The zero-order chi connectivity index (χ0) is 13.7. The van der Waals surface area contributed by atoms with E-state index in [4.69, 9.17) is 0 Å². The molecule has 3 aliphatic rings. The van der Waals surface area contributed by atoms with Crippen molar-refractivity contribution in [2.24, 2.45) is 17.8 Å². The molecule has 1 aromatic carbocycles. The largest absolute Gasteiger partial charge is 0.323 e. The van der Waals surface area contributed by atoms with Gasteiger partial charge >= 0.3 is 0 Å². The molecule has 2 saturated carbocycles. The maximum absolute atomic E-state index is 14.4. The lowest BCUT2D eigenvalue weighted by Crippen LogP contribution is -2.25. The van der Waals surface area contributed by atoms with Crippen LogP contribution in [0.5, 0.6) is 0 Å². The number of carbonyl (C=O) groups excluding carboxylic acids is 1. The van der Waals surface area contributed by atoms with E-state index in [1.807, 2.05) is 6.07 Å². The summed E-state index contributed by atoms with van der Waals surface area (Å²) >= 11 is 0. The second-order valence-corrected chi connectivity index (χ2v) is 6.27. The Kier molecular flexibility index (Phi) is 2.81. The average molecular weight is 274 g/mol. The lowest BCUT2D eigenvalue weighted by atomic mass is 9.99. The molecule has 1 aromatic rings. The minimum absolute atomic E-state index is 0.0208. The predicted octanol–water partition coefficient (Wildman–Crippen LogP) is 2.46. The quantitative estimate of drug-likeness (QED) is 0.870. The maximum atomic E-state index is 14.4. The highest BCUT2D eigenvalue weighted by molar-refractivity contribution is 5.95. The van der Waals surface area contributed by atoms with Crippen molar-refractivity contribution >= 4 is 11.6 Å². The topological polar surface area (TPSA) is 41.1 Å². The summed E-state index contributed by atoms with van der Waals surface area (Å²) in [6, 6.07) is 3.63. The molecule has 2 unspecified atom stereocenters. The summed E-state index contributed by atoms with van der Waals surface area (Å²) in [6.45, 7) is 1.52. The van der Waals surface area contributed by atoms with E-state index in [1.165, 1.54) is 19.3 Å². The van der Waals surface area contributed by atoms with Crippen LogP contribution in [0.25, 0.3) is 0 Å². The summed E-state index contributed by atoms with van der Waals surface area (Å²) in [4.78, 5) is 12.2. The predicted molar refractivity (Wildman–Crippen MR) is 74.8 cm³/mol. The zero-order valence-electron chi connectivity index (χ0n) is 11.4. The van der Waals surface area contributed by atoms with Crippen molar-refractivity contribution in [3.63, 3.8) is 0 Å². The highest BCUT2D eigenvalue weighted by atomic mass is 19.1. The van der Waals surface area contributed by atoms with Gasteiger partial charge in [0.1, 0.15) is 5.82 Å². The molecule has 0 saturated heterocycles. The molecule has 2 atom stereocenters. The van der Waals surface area contributed by atoms with Crippen LogP contribution in [0.3, 0.4) is 0 Å². The number of hydrogen-bond donors (Lipinski definition) is 2. The van der Waals surface area contributed by atoms with Gasteiger partial charge in [0.15, 0.2) is 0 Å². The van der Waals surface area contributed by atoms with Gasteiger partial charge in [-0.05, 0) is 54.8 Å². The van der Waals surface area contributed by atoms with E-state index in [0.29, 0.717) is 30.5 Å². The van der Waals surface area contributed by atoms with Crippen molar-refractivity contribution in [3.8, 4) is 0 Å². The van der Waals surface area contributed by atoms with Gasteiger partial charge in [0.05, 0.1) is 5.69 Å². The van der Waals surface area contributed by atoms with Crippen LogP contribution >= 0.6 is 0 Å². The van der Waals surface area contributed by atoms with E-state index < -0.39 is 0 Å². The number of rotatable bonds is 2. The fourth-order valence-electron chi connectivity index (χ4n) is 4.06. The number of anilines is 1. The van der Waals surface area contributed by atoms with E-state index >= 15 is 0 Å². The number of fused-ring (bicyclic) bond motifs is 2. The summed E-state index contributed by atoms with van der Waals surface area (Å²) in [7, 11) is 0. The molecule has 0 aromatic heterocycles. The summed E-state index contributed by atoms with van der Waals surface area (Å²) < 4.78 is 14.4. The Morgan fingerprint density at radius 3 is 2.90 bits per heavy atom. The van der Waals surface area contributed by atoms with Crippen molar-refractivity contribution in [1.29, 1.82) is 0 Å². The van der Waals surface area contributed by atoms with Gasteiger partial charge in [-0.1, -0.05) is 12.5 Å². The minimum Gasteiger partial charge on any atom is -0.323 e. The summed E-state index contributed by atoms with van der Waals surface area (Å²) in [5, 5.41) is 6.05. The first-order valence-corrected chi connectivity index (χ1v) is 7.57. The van der Waals surface area contributed by atoms with Gasteiger partial charge in [0, 0.05) is 12.5 Å². The molecular formula is C16H19FN2O. The first-order valence-electron chi connectivity index (χ1n) is 7.57. The number of halogens is 1. The Morgan fingerprint density at radius 1 is 1.30 bits per heavy atom. The molecule has 1 aliphatic heterocycles. The molecule has 20 heavy (non-hydrogen) atoms. The maximum Gasteiger partial charge on any atom is 0.228 e. The third kappa shape index (κ3) is 1.85. The highest BCUT2D eigenvalue weighted by Gasteiger charge is 2.56.